The Kier molecular flexibility index (Phi) is 23.5. The number of allylic oxidation sites excluding steroid dienone is 2. The fourth-order valence-electron chi connectivity index (χ4n) is 2.34. The molecule has 21 heavy (non-hydrogen) atoms. The fourth-order valence-corrected chi connectivity index (χ4v) is 2.48. The molecule has 0 bridgehead atoms. The molecule has 0 aromatic heterocycles. The van der Waals surface area contributed by atoms with Gasteiger partial charge in [0.1, 0.15) is 0 Å². The molecule has 0 unspecified atom stereocenters. The standard InChI is InChI=1S/C18H34OS.Na/c1-2-3-4-5-6-7-8-9-10-11-12-13-14-15-16-17-18(19)20;/h9-10H,2-8,11-17H2,1H3,(H,19,20);/q;+1/p-1/b10-9+;. The summed E-state index contributed by atoms with van der Waals surface area (Å²) >= 11 is 4.53. The van der Waals surface area contributed by atoms with Gasteiger partial charge >= 0.3 is 29.6 Å². The van der Waals surface area contributed by atoms with E-state index in [0.717, 1.165) is 12.8 Å². The van der Waals surface area contributed by atoms with Crippen LogP contribution in [0.5, 0.6) is 0 Å². The number of carbonyl (C=O) groups excluding carboxylic acids is 1. The molecule has 118 valence electrons. The van der Waals surface area contributed by atoms with Gasteiger partial charge in [-0.1, -0.05) is 70.4 Å². The first kappa shape index (κ1) is 23.9. The van der Waals surface area contributed by atoms with E-state index in [1.165, 1.54) is 70.6 Å². The monoisotopic (exact) mass is 320 g/mol. The largest absolute Gasteiger partial charge is 1.00 e. The van der Waals surface area contributed by atoms with Crippen molar-refractivity contribution in [1.82, 2.24) is 0 Å². The SMILES string of the molecule is CCCCCCCC/C=C/CCCCCCCC(=O)[S-].[Na+]. The van der Waals surface area contributed by atoms with Crippen LogP contribution in [0, 0.1) is 0 Å². The molecular formula is C18H33NaOS. The van der Waals surface area contributed by atoms with Crippen molar-refractivity contribution in [2.45, 2.75) is 96.8 Å². The Morgan fingerprint density at radius 3 is 1.67 bits per heavy atom. The van der Waals surface area contributed by atoms with E-state index in [0.29, 0.717) is 6.42 Å². The second-order valence-corrected chi connectivity index (χ2v) is 6.16. The van der Waals surface area contributed by atoms with Gasteiger partial charge in [-0.15, -0.1) is 0 Å². The fraction of sp³-hybridized carbons (Fsp3) is 0.833. The van der Waals surface area contributed by atoms with Gasteiger partial charge in [0.15, 0.2) is 0 Å². The summed E-state index contributed by atoms with van der Waals surface area (Å²) in [4.78, 5) is 10.6. The zero-order valence-corrected chi connectivity index (χ0v) is 17.2. The maximum absolute atomic E-state index is 10.6. The molecule has 0 N–H and O–H groups in total. The minimum absolute atomic E-state index is 0. The molecule has 1 nitrogen and oxygen atoms in total. The van der Waals surface area contributed by atoms with Crippen molar-refractivity contribution >= 4 is 17.7 Å². The van der Waals surface area contributed by atoms with Gasteiger partial charge < -0.3 is 17.4 Å². The molecule has 3 heteroatoms. The van der Waals surface area contributed by atoms with E-state index in [1.54, 1.807) is 0 Å². The Hall–Kier alpha value is 0.630. The summed E-state index contributed by atoms with van der Waals surface area (Å²) in [5, 5.41) is -0.0809. The van der Waals surface area contributed by atoms with Crippen molar-refractivity contribution in [3.63, 3.8) is 0 Å². The molecule has 0 aliphatic rings. The smallest absolute Gasteiger partial charge is 0.742 e. The summed E-state index contributed by atoms with van der Waals surface area (Å²) < 4.78 is 0. The molecule has 0 aromatic rings. The molecule has 0 rings (SSSR count). The van der Waals surface area contributed by atoms with Crippen molar-refractivity contribution in [3.8, 4) is 0 Å². The van der Waals surface area contributed by atoms with Gasteiger partial charge in [-0.25, -0.2) is 0 Å². The molecular weight excluding hydrogens is 287 g/mol. The van der Waals surface area contributed by atoms with Crippen LogP contribution in [0.25, 0.3) is 0 Å². The van der Waals surface area contributed by atoms with Crippen LogP contribution in [0.1, 0.15) is 96.8 Å². The van der Waals surface area contributed by atoms with E-state index in [1.807, 2.05) is 0 Å². The summed E-state index contributed by atoms with van der Waals surface area (Å²) in [6.07, 6.45) is 22.0. The van der Waals surface area contributed by atoms with E-state index in [4.69, 9.17) is 0 Å². The van der Waals surface area contributed by atoms with Crippen molar-refractivity contribution < 1.29 is 34.4 Å². The van der Waals surface area contributed by atoms with Crippen LogP contribution < -0.4 is 29.6 Å². The van der Waals surface area contributed by atoms with Crippen LogP contribution in [-0.4, -0.2) is 5.12 Å². The molecule has 0 heterocycles. The Balaban J connectivity index is 0. The summed E-state index contributed by atoms with van der Waals surface area (Å²) in [6.45, 7) is 2.27. The van der Waals surface area contributed by atoms with Gasteiger partial charge in [0, 0.05) is 5.12 Å². The van der Waals surface area contributed by atoms with Crippen molar-refractivity contribution in [1.29, 1.82) is 0 Å². The van der Waals surface area contributed by atoms with E-state index < -0.39 is 0 Å². The number of carbonyl (C=O) groups is 1. The van der Waals surface area contributed by atoms with Crippen molar-refractivity contribution in [2.24, 2.45) is 0 Å². The summed E-state index contributed by atoms with van der Waals surface area (Å²) in [7, 11) is 0. The van der Waals surface area contributed by atoms with Gasteiger partial charge in [0.25, 0.3) is 0 Å². The van der Waals surface area contributed by atoms with Crippen molar-refractivity contribution in [2.75, 3.05) is 0 Å². The Morgan fingerprint density at radius 1 is 0.762 bits per heavy atom. The molecule has 0 fully saturated rings. The second kappa shape index (κ2) is 20.6. The van der Waals surface area contributed by atoms with Gasteiger partial charge in [0.05, 0.1) is 0 Å². The third-order valence-electron chi connectivity index (χ3n) is 3.64. The molecule has 0 amide bonds. The third kappa shape index (κ3) is 23.0. The topological polar surface area (TPSA) is 17.1 Å². The van der Waals surface area contributed by atoms with Gasteiger partial charge in [-0.3, -0.25) is 0 Å². The predicted molar refractivity (Wildman–Crippen MR) is 91.8 cm³/mol. The molecule has 0 aliphatic carbocycles. The third-order valence-corrected chi connectivity index (χ3v) is 3.85. The molecule has 0 atom stereocenters. The van der Waals surface area contributed by atoms with Crippen LogP contribution in [0.2, 0.25) is 0 Å². The van der Waals surface area contributed by atoms with Gasteiger partial charge in [-0.05, 0) is 38.5 Å². The molecule has 0 radical (unpaired) electrons. The van der Waals surface area contributed by atoms with Crippen molar-refractivity contribution in [3.05, 3.63) is 12.2 Å². The van der Waals surface area contributed by atoms with Crippen LogP contribution in [0.15, 0.2) is 12.2 Å². The number of unbranched alkanes of at least 4 members (excludes halogenated alkanes) is 11. The minimum Gasteiger partial charge on any atom is -0.742 e. The van der Waals surface area contributed by atoms with E-state index in [-0.39, 0.29) is 34.7 Å². The van der Waals surface area contributed by atoms with E-state index in [2.05, 4.69) is 31.7 Å². The molecule has 0 saturated carbocycles. The summed E-state index contributed by atoms with van der Waals surface area (Å²) in [5.41, 5.74) is 0. The normalized spacial score (nSPS) is 10.7. The predicted octanol–water partition coefficient (Wildman–Crippen LogP) is 3.10. The molecule has 0 aromatic carbocycles. The number of hydrogen-bond donors (Lipinski definition) is 0. The Labute approximate surface area is 160 Å². The average Bonchev–Trinajstić information content (AvgIpc) is 2.43. The number of hydrogen-bond acceptors (Lipinski definition) is 2. The average molecular weight is 321 g/mol. The number of rotatable bonds is 15. The molecule has 0 aliphatic heterocycles. The zero-order valence-electron chi connectivity index (χ0n) is 14.4. The maximum Gasteiger partial charge on any atom is 1.00 e. The van der Waals surface area contributed by atoms with Crippen LogP contribution in [0.3, 0.4) is 0 Å². The first-order valence-corrected chi connectivity index (χ1v) is 9.03. The molecule has 0 spiro atoms. The van der Waals surface area contributed by atoms with E-state index in [9.17, 15) is 4.79 Å². The van der Waals surface area contributed by atoms with Gasteiger partial charge in [0.2, 0.25) is 0 Å². The first-order chi connectivity index (χ1) is 9.77. The van der Waals surface area contributed by atoms with Gasteiger partial charge in [-0.2, -0.15) is 0 Å². The zero-order chi connectivity index (χ0) is 14.9. The van der Waals surface area contributed by atoms with Crippen LogP contribution in [-0.2, 0) is 17.4 Å². The Morgan fingerprint density at radius 2 is 1.19 bits per heavy atom. The second-order valence-electron chi connectivity index (χ2n) is 5.71. The summed E-state index contributed by atoms with van der Waals surface area (Å²) in [6, 6.07) is 0. The van der Waals surface area contributed by atoms with E-state index >= 15 is 0 Å². The quantitative estimate of drug-likeness (QED) is 0.200. The minimum atomic E-state index is -0.0809. The van der Waals surface area contributed by atoms with Crippen LogP contribution in [0.4, 0.5) is 0 Å². The van der Waals surface area contributed by atoms with Crippen LogP contribution >= 0.6 is 0 Å². The molecule has 0 saturated heterocycles. The summed E-state index contributed by atoms with van der Waals surface area (Å²) in [5.74, 6) is 0. The Bertz CT molecular complexity index is 241. The maximum atomic E-state index is 10.6. The first-order valence-electron chi connectivity index (χ1n) is 8.62.